The molecule has 2 unspecified atom stereocenters. The molecule has 2 aromatic heterocycles. The number of thiocarbonyl (C=S) groups is 1. The molecule has 1 aliphatic heterocycles. The van der Waals surface area contributed by atoms with Crippen molar-refractivity contribution in [2.75, 3.05) is 34.3 Å². The zero-order valence-electron chi connectivity index (χ0n) is 18.3. The summed E-state index contributed by atoms with van der Waals surface area (Å²) in [4.78, 5) is 20.6. The van der Waals surface area contributed by atoms with Gasteiger partial charge in [-0.25, -0.2) is 4.79 Å². The molecule has 166 valence electrons. The van der Waals surface area contributed by atoms with E-state index in [1.54, 1.807) is 18.3 Å². The van der Waals surface area contributed by atoms with Gasteiger partial charge in [0.05, 0.1) is 24.4 Å². The monoisotopic (exact) mass is 450 g/mol. The van der Waals surface area contributed by atoms with E-state index in [0.717, 1.165) is 35.9 Å². The third kappa shape index (κ3) is 4.51. The van der Waals surface area contributed by atoms with E-state index in [1.165, 1.54) is 7.11 Å². The van der Waals surface area contributed by atoms with Crippen molar-refractivity contribution in [2.45, 2.75) is 12.1 Å². The molecule has 1 fully saturated rings. The van der Waals surface area contributed by atoms with Gasteiger partial charge in [0.2, 0.25) is 0 Å². The van der Waals surface area contributed by atoms with Crippen LogP contribution in [0.2, 0.25) is 0 Å². The molecule has 0 amide bonds. The molecule has 0 saturated carbocycles. The number of hydrogen-bond donors (Lipinski definition) is 1. The number of furan rings is 1. The average molecular weight is 451 g/mol. The van der Waals surface area contributed by atoms with Gasteiger partial charge in [-0.05, 0) is 62.7 Å². The number of pyridine rings is 1. The van der Waals surface area contributed by atoms with Crippen molar-refractivity contribution < 1.29 is 13.9 Å². The third-order valence-corrected chi connectivity index (χ3v) is 5.85. The minimum Gasteiger partial charge on any atom is -0.465 e. The van der Waals surface area contributed by atoms with Crippen molar-refractivity contribution in [1.29, 1.82) is 0 Å². The van der Waals surface area contributed by atoms with Gasteiger partial charge >= 0.3 is 5.97 Å². The van der Waals surface area contributed by atoms with Gasteiger partial charge in [-0.3, -0.25) is 4.98 Å². The van der Waals surface area contributed by atoms with E-state index < -0.39 is 0 Å². The summed E-state index contributed by atoms with van der Waals surface area (Å²) in [6, 6.07) is 16.7. The fourth-order valence-electron chi connectivity index (χ4n) is 3.82. The lowest BCUT2D eigenvalue weighted by Crippen LogP contribution is -2.35. The Kier molecular flexibility index (Phi) is 6.53. The summed E-state index contributed by atoms with van der Waals surface area (Å²) in [6.07, 6.45) is 1.79. The molecule has 1 saturated heterocycles. The first-order valence-electron chi connectivity index (χ1n) is 10.4. The highest BCUT2D eigenvalue weighted by molar-refractivity contribution is 7.80. The number of carbonyl (C=O) groups is 1. The molecule has 8 heteroatoms. The predicted molar refractivity (Wildman–Crippen MR) is 126 cm³/mol. The predicted octanol–water partition coefficient (Wildman–Crippen LogP) is 3.66. The van der Waals surface area contributed by atoms with Crippen LogP contribution in [0.1, 0.15) is 33.9 Å². The number of methoxy groups -OCH3 is 1. The SMILES string of the molecule is COC(=O)c1ccc(-c2ccc(C3C(c4ccccn4)NC(=S)N3CCN(C)C)o2)cc1. The molecule has 1 aliphatic rings. The molecule has 0 radical (unpaired) electrons. The summed E-state index contributed by atoms with van der Waals surface area (Å²) < 4.78 is 11.1. The van der Waals surface area contributed by atoms with Crippen LogP contribution in [-0.2, 0) is 4.74 Å². The summed E-state index contributed by atoms with van der Waals surface area (Å²) in [5.74, 6) is 1.16. The first-order chi connectivity index (χ1) is 15.5. The second-order valence-electron chi connectivity index (χ2n) is 7.89. The quantitative estimate of drug-likeness (QED) is 0.432. The number of likely N-dealkylation sites (N-methyl/N-ethyl adjacent to an activating group) is 1. The van der Waals surface area contributed by atoms with Gasteiger partial charge in [0.1, 0.15) is 17.6 Å². The topological polar surface area (TPSA) is 70.8 Å². The van der Waals surface area contributed by atoms with Gasteiger partial charge in [-0.15, -0.1) is 0 Å². The number of esters is 1. The highest BCUT2D eigenvalue weighted by atomic mass is 32.1. The smallest absolute Gasteiger partial charge is 0.337 e. The van der Waals surface area contributed by atoms with Crippen LogP contribution in [0, 0.1) is 0 Å². The number of hydrogen-bond acceptors (Lipinski definition) is 6. The zero-order chi connectivity index (χ0) is 22.7. The molecule has 0 spiro atoms. The highest BCUT2D eigenvalue weighted by Crippen LogP contribution is 2.40. The van der Waals surface area contributed by atoms with Crippen LogP contribution in [0.25, 0.3) is 11.3 Å². The Morgan fingerprint density at radius 2 is 1.97 bits per heavy atom. The number of benzene rings is 1. The molecule has 4 rings (SSSR count). The van der Waals surface area contributed by atoms with E-state index in [-0.39, 0.29) is 18.1 Å². The normalized spacial score (nSPS) is 18.1. The molecule has 0 bridgehead atoms. The van der Waals surface area contributed by atoms with E-state index in [2.05, 4.69) is 20.1 Å². The van der Waals surface area contributed by atoms with Crippen LogP contribution in [0.4, 0.5) is 0 Å². The third-order valence-electron chi connectivity index (χ3n) is 5.49. The maximum Gasteiger partial charge on any atom is 0.337 e. The van der Waals surface area contributed by atoms with Crippen LogP contribution in [0.5, 0.6) is 0 Å². The highest BCUT2D eigenvalue weighted by Gasteiger charge is 2.41. The van der Waals surface area contributed by atoms with Crippen LogP contribution >= 0.6 is 12.2 Å². The van der Waals surface area contributed by atoms with Crippen LogP contribution in [0.3, 0.4) is 0 Å². The summed E-state index contributed by atoms with van der Waals surface area (Å²) >= 11 is 5.68. The van der Waals surface area contributed by atoms with Gasteiger partial charge in [0.15, 0.2) is 5.11 Å². The molecule has 1 aromatic carbocycles. The van der Waals surface area contributed by atoms with E-state index >= 15 is 0 Å². The number of nitrogens with one attached hydrogen (secondary N) is 1. The van der Waals surface area contributed by atoms with Gasteiger partial charge in [0, 0.05) is 24.8 Å². The van der Waals surface area contributed by atoms with Gasteiger partial charge in [-0.2, -0.15) is 0 Å². The first-order valence-corrected chi connectivity index (χ1v) is 10.8. The van der Waals surface area contributed by atoms with Gasteiger partial charge in [0.25, 0.3) is 0 Å². The summed E-state index contributed by atoms with van der Waals surface area (Å²) in [7, 11) is 5.46. The largest absolute Gasteiger partial charge is 0.465 e. The number of nitrogens with zero attached hydrogens (tertiary/aromatic N) is 3. The number of ether oxygens (including phenoxy) is 1. The number of rotatable bonds is 7. The number of aromatic nitrogens is 1. The standard InChI is InChI=1S/C24H26N4O3S/c1-27(2)14-15-28-22(21(26-24(28)32)18-6-4-5-13-25-18)20-12-11-19(31-20)16-7-9-17(10-8-16)23(29)30-3/h4-13,21-22H,14-15H2,1-3H3,(H,26,32). The minimum atomic E-state index is -0.364. The molecule has 7 nitrogen and oxygen atoms in total. The Morgan fingerprint density at radius 3 is 2.62 bits per heavy atom. The lowest BCUT2D eigenvalue weighted by molar-refractivity contribution is 0.0600. The Bertz CT molecular complexity index is 1080. The molecule has 2 atom stereocenters. The van der Waals surface area contributed by atoms with E-state index in [4.69, 9.17) is 21.4 Å². The molecular weight excluding hydrogens is 424 g/mol. The first kappa shape index (κ1) is 22.0. The minimum absolute atomic E-state index is 0.119. The molecule has 0 aliphatic carbocycles. The molecule has 32 heavy (non-hydrogen) atoms. The molecule has 1 N–H and O–H groups in total. The van der Waals surface area contributed by atoms with E-state index in [9.17, 15) is 4.79 Å². The van der Waals surface area contributed by atoms with Crippen molar-refractivity contribution in [1.82, 2.24) is 20.1 Å². The van der Waals surface area contributed by atoms with Crippen LogP contribution in [0.15, 0.2) is 65.2 Å². The molecular formula is C24H26N4O3S. The molecule has 3 heterocycles. The van der Waals surface area contributed by atoms with Crippen molar-refractivity contribution in [3.8, 4) is 11.3 Å². The summed E-state index contributed by atoms with van der Waals surface area (Å²) in [5, 5.41) is 4.12. The van der Waals surface area contributed by atoms with Crippen molar-refractivity contribution in [2.24, 2.45) is 0 Å². The number of carbonyl (C=O) groups excluding carboxylic acids is 1. The lowest BCUT2D eigenvalue weighted by atomic mass is 10.0. The summed E-state index contributed by atoms with van der Waals surface area (Å²) in [5.41, 5.74) is 2.29. The Morgan fingerprint density at radius 1 is 1.19 bits per heavy atom. The van der Waals surface area contributed by atoms with Gasteiger partial charge < -0.3 is 24.3 Å². The van der Waals surface area contributed by atoms with Crippen LogP contribution in [-0.4, -0.2) is 60.2 Å². The lowest BCUT2D eigenvalue weighted by Gasteiger charge is -2.27. The molecule has 3 aromatic rings. The van der Waals surface area contributed by atoms with Crippen molar-refractivity contribution in [3.63, 3.8) is 0 Å². The maximum atomic E-state index is 11.7. The fraction of sp³-hybridized carbons (Fsp3) is 0.292. The van der Waals surface area contributed by atoms with E-state index in [0.29, 0.717) is 10.7 Å². The zero-order valence-corrected chi connectivity index (χ0v) is 19.1. The average Bonchev–Trinajstić information content (AvgIpc) is 3.42. The Balaban J connectivity index is 1.65. The van der Waals surface area contributed by atoms with E-state index in [1.807, 2.05) is 56.6 Å². The maximum absolute atomic E-state index is 11.7. The second kappa shape index (κ2) is 9.50. The fourth-order valence-corrected chi connectivity index (χ4v) is 4.15. The van der Waals surface area contributed by atoms with Crippen molar-refractivity contribution >= 4 is 23.3 Å². The Hall–Kier alpha value is -3.23. The summed E-state index contributed by atoms with van der Waals surface area (Å²) in [6.45, 7) is 1.62. The Labute approximate surface area is 193 Å². The van der Waals surface area contributed by atoms with Crippen molar-refractivity contribution in [3.05, 3.63) is 77.8 Å². The van der Waals surface area contributed by atoms with Crippen LogP contribution < -0.4 is 5.32 Å². The second-order valence-corrected chi connectivity index (χ2v) is 8.28. The van der Waals surface area contributed by atoms with Gasteiger partial charge in [-0.1, -0.05) is 18.2 Å².